The fourth-order valence-corrected chi connectivity index (χ4v) is 0.904. The number of carboxylic acids is 1. The van der Waals surface area contributed by atoms with Crippen molar-refractivity contribution in [1.29, 1.82) is 0 Å². The van der Waals surface area contributed by atoms with Gasteiger partial charge in [-0.1, -0.05) is 0 Å². The number of H-pyrrole nitrogens is 1. The summed E-state index contributed by atoms with van der Waals surface area (Å²) in [5, 5.41) is 8.65. The highest BCUT2D eigenvalue weighted by atomic mass is 16.5. The first-order valence-electron chi connectivity index (χ1n) is 3.23. The van der Waals surface area contributed by atoms with Crippen LogP contribution in [0.25, 0.3) is 0 Å². The molecule has 2 N–H and O–H groups in total. The monoisotopic (exact) mass is 171 g/mol. The molecule has 0 amide bonds. The van der Waals surface area contributed by atoms with E-state index in [-0.39, 0.29) is 11.3 Å². The number of methoxy groups -OCH3 is 2. The van der Waals surface area contributed by atoms with Crippen molar-refractivity contribution in [2.45, 2.75) is 0 Å². The Bertz CT molecular complexity index is 292. The molecule has 0 aliphatic rings. The van der Waals surface area contributed by atoms with Crippen LogP contribution < -0.4 is 9.47 Å². The average Bonchev–Trinajstić information content (AvgIpc) is 2.46. The lowest BCUT2D eigenvalue weighted by Crippen LogP contribution is -1.97. The highest BCUT2D eigenvalue weighted by molar-refractivity contribution is 5.91. The Morgan fingerprint density at radius 2 is 2.17 bits per heavy atom. The molecule has 5 heteroatoms. The summed E-state index contributed by atoms with van der Waals surface area (Å²) in [6, 6.07) is 0. The Hall–Kier alpha value is -1.65. The van der Waals surface area contributed by atoms with Gasteiger partial charge in [-0.2, -0.15) is 0 Å². The number of aromatic nitrogens is 1. The molecule has 1 rings (SSSR count). The molecule has 12 heavy (non-hydrogen) atoms. The topological polar surface area (TPSA) is 71.6 Å². The number of carboxylic acid groups (broad SMARTS) is 1. The first kappa shape index (κ1) is 8.45. The van der Waals surface area contributed by atoms with Gasteiger partial charge in [0, 0.05) is 6.20 Å². The van der Waals surface area contributed by atoms with Gasteiger partial charge in [0.2, 0.25) is 5.88 Å². The molecule has 0 bridgehead atoms. The lowest BCUT2D eigenvalue weighted by Gasteiger charge is -2.00. The van der Waals surface area contributed by atoms with E-state index in [0.29, 0.717) is 5.88 Å². The van der Waals surface area contributed by atoms with Crippen LogP contribution >= 0.6 is 0 Å². The first-order chi connectivity index (χ1) is 5.70. The SMILES string of the molecule is COc1[nH]cc(C(=O)O)c1OC. The molecule has 0 aliphatic heterocycles. The Kier molecular flexibility index (Phi) is 2.23. The number of carbonyl (C=O) groups is 1. The highest BCUT2D eigenvalue weighted by Gasteiger charge is 2.17. The molecule has 0 unspecified atom stereocenters. The van der Waals surface area contributed by atoms with Gasteiger partial charge in [-0.3, -0.25) is 0 Å². The molecular formula is C7H9NO4. The standard InChI is InChI=1S/C7H9NO4/c1-11-5-4(7(9)10)3-8-6(5)12-2/h3,8H,1-2H3,(H,9,10). The van der Waals surface area contributed by atoms with Crippen molar-refractivity contribution >= 4 is 5.97 Å². The third kappa shape index (κ3) is 1.20. The van der Waals surface area contributed by atoms with Gasteiger partial charge in [-0.15, -0.1) is 0 Å². The molecule has 0 spiro atoms. The van der Waals surface area contributed by atoms with Gasteiger partial charge in [0.25, 0.3) is 0 Å². The number of rotatable bonds is 3. The fraction of sp³-hybridized carbons (Fsp3) is 0.286. The quantitative estimate of drug-likeness (QED) is 0.703. The summed E-state index contributed by atoms with van der Waals surface area (Å²) in [5.41, 5.74) is 0.0642. The van der Waals surface area contributed by atoms with E-state index in [2.05, 4.69) is 4.98 Å². The molecule has 0 radical (unpaired) electrons. The lowest BCUT2D eigenvalue weighted by molar-refractivity contribution is 0.0693. The predicted molar refractivity (Wildman–Crippen MR) is 40.9 cm³/mol. The van der Waals surface area contributed by atoms with Crippen molar-refractivity contribution in [3.63, 3.8) is 0 Å². The van der Waals surface area contributed by atoms with E-state index in [1.165, 1.54) is 20.4 Å². The molecule has 0 aromatic carbocycles. The van der Waals surface area contributed by atoms with Crippen molar-refractivity contribution in [3.05, 3.63) is 11.8 Å². The van der Waals surface area contributed by atoms with E-state index in [9.17, 15) is 4.79 Å². The van der Waals surface area contributed by atoms with E-state index < -0.39 is 5.97 Å². The van der Waals surface area contributed by atoms with Crippen molar-refractivity contribution in [2.24, 2.45) is 0 Å². The van der Waals surface area contributed by atoms with Gasteiger partial charge in [0.15, 0.2) is 5.75 Å². The van der Waals surface area contributed by atoms with Gasteiger partial charge in [0.05, 0.1) is 14.2 Å². The lowest BCUT2D eigenvalue weighted by atomic mass is 10.3. The van der Waals surface area contributed by atoms with E-state index in [4.69, 9.17) is 14.6 Å². The third-order valence-electron chi connectivity index (χ3n) is 1.44. The van der Waals surface area contributed by atoms with Crippen LogP contribution in [0.15, 0.2) is 6.20 Å². The highest BCUT2D eigenvalue weighted by Crippen LogP contribution is 2.29. The molecule has 1 aromatic heterocycles. The average molecular weight is 171 g/mol. The number of hydrogen-bond acceptors (Lipinski definition) is 3. The largest absolute Gasteiger partial charge is 0.491 e. The van der Waals surface area contributed by atoms with E-state index in [0.717, 1.165) is 0 Å². The normalized spacial score (nSPS) is 9.50. The summed E-state index contributed by atoms with van der Waals surface area (Å²) in [6.07, 6.45) is 1.32. The second-order valence-corrected chi connectivity index (χ2v) is 2.07. The van der Waals surface area contributed by atoms with Crippen LogP contribution in [0.2, 0.25) is 0 Å². The third-order valence-corrected chi connectivity index (χ3v) is 1.44. The molecule has 0 fully saturated rings. The molecule has 0 aliphatic carbocycles. The smallest absolute Gasteiger partial charge is 0.341 e. The van der Waals surface area contributed by atoms with Crippen LogP contribution in [0.1, 0.15) is 10.4 Å². The second-order valence-electron chi connectivity index (χ2n) is 2.07. The van der Waals surface area contributed by atoms with Gasteiger partial charge in [-0.05, 0) is 0 Å². The zero-order valence-electron chi connectivity index (χ0n) is 6.75. The summed E-state index contributed by atoms with van der Waals surface area (Å²) < 4.78 is 9.65. The van der Waals surface area contributed by atoms with Gasteiger partial charge >= 0.3 is 5.97 Å². The number of aromatic carboxylic acids is 1. The summed E-state index contributed by atoms with van der Waals surface area (Å²) in [6.45, 7) is 0. The molecule has 66 valence electrons. The van der Waals surface area contributed by atoms with Gasteiger partial charge in [-0.25, -0.2) is 4.79 Å². The van der Waals surface area contributed by atoms with Crippen molar-refractivity contribution in [3.8, 4) is 11.6 Å². The Labute approximate surface area is 68.9 Å². The summed E-state index contributed by atoms with van der Waals surface area (Å²) in [7, 11) is 2.82. The summed E-state index contributed by atoms with van der Waals surface area (Å²) in [5.74, 6) is -0.522. The van der Waals surface area contributed by atoms with Gasteiger partial charge in [0.1, 0.15) is 5.56 Å². The number of ether oxygens (including phenoxy) is 2. The Morgan fingerprint density at radius 1 is 1.50 bits per heavy atom. The molecular weight excluding hydrogens is 162 g/mol. The van der Waals surface area contributed by atoms with E-state index in [1.54, 1.807) is 0 Å². The zero-order valence-corrected chi connectivity index (χ0v) is 6.75. The molecule has 5 nitrogen and oxygen atoms in total. The van der Waals surface area contributed by atoms with Crippen LogP contribution in [0.3, 0.4) is 0 Å². The Morgan fingerprint density at radius 3 is 2.58 bits per heavy atom. The minimum absolute atomic E-state index is 0.0642. The Balaban J connectivity index is 3.13. The summed E-state index contributed by atoms with van der Waals surface area (Å²) >= 11 is 0. The molecule has 0 saturated heterocycles. The fourth-order valence-electron chi connectivity index (χ4n) is 0.904. The molecule has 1 heterocycles. The van der Waals surface area contributed by atoms with Crippen LogP contribution in [0, 0.1) is 0 Å². The van der Waals surface area contributed by atoms with Crippen molar-refractivity contribution in [2.75, 3.05) is 14.2 Å². The van der Waals surface area contributed by atoms with Crippen LogP contribution in [0.5, 0.6) is 11.6 Å². The second kappa shape index (κ2) is 3.17. The van der Waals surface area contributed by atoms with Crippen LogP contribution in [0.4, 0.5) is 0 Å². The predicted octanol–water partition coefficient (Wildman–Crippen LogP) is 0.730. The van der Waals surface area contributed by atoms with Crippen molar-refractivity contribution in [1.82, 2.24) is 4.98 Å². The molecule has 0 saturated carbocycles. The maximum Gasteiger partial charge on any atom is 0.341 e. The number of aromatic amines is 1. The zero-order chi connectivity index (χ0) is 9.14. The summed E-state index contributed by atoms with van der Waals surface area (Å²) in [4.78, 5) is 13.2. The van der Waals surface area contributed by atoms with E-state index in [1.807, 2.05) is 0 Å². The van der Waals surface area contributed by atoms with Crippen LogP contribution in [-0.2, 0) is 0 Å². The number of hydrogen-bond donors (Lipinski definition) is 2. The van der Waals surface area contributed by atoms with Crippen LogP contribution in [-0.4, -0.2) is 30.3 Å². The van der Waals surface area contributed by atoms with Crippen molar-refractivity contribution < 1.29 is 19.4 Å². The molecule has 0 atom stereocenters. The minimum atomic E-state index is -1.05. The minimum Gasteiger partial charge on any atom is -0.491 e. The first-order valence-corrected chi connectivity index (χ1v) is 3.23. The van der Waals surface area contributed by atoms with Gasteiger partial charge < -0.3 is 19.6 Å². The number of nitrogens with one attached hydrogen (secondary N) is 1. The molecule has 1 aromatic rings. The maximum absolute atomic E-state index is 10.6. The van der Waals surface area contributed by atoms with E-state index >= 15 is 0 Å². The maximum atomic E-state index is 10.6.